The van der Waals surface area contributed by atoms with E-state index in [2.05, 4.69) is 25.5 Å². The second-order valence-corrected chi connectivity index (χ2v) is 7.85. The van der Waals surface area contributed by atoms with Gasteiger partial charge in [-0.1, -0.05) is 23.5 Å². The third-order valence-corrected chi connectivity index (χ3v) is 5.16. The highest BCUT2D eigenvalue weighted by molar-refractivity contribution is 7.99. The first-order valence-corrected chi connectivity index (χ1v) is 10.9. The predicted molar refractivity (Wildman–Crippen MR) is 112 cm³/mol. The minimum atomic E-state index is -0.156. The van der Waals surface area contributed by atoms with Crippen LogP contribution < -0.4 is 10.1 Å². The molecule has 0 radical (unpaired) electrons. The second-order valence-electron chi connectivity index (χ2n) is 5.98. The van der Waals surface area contributed by atoms with E-state index in [0.717, 1.165) is 17.1 Å². The van der Waals surface area contributed by atoms with Gasteiger partial charge in [0.1, 0.15) is 5.75 Å². The maximum atomic E-state index is 12.1. The summed E-state index contributed by atoms with van der Waals surface area (Å²) in [5.41, 5.74) is 2.54. The molecule has 29 heavy (non-hydrogen) atoms. The zero-order valence-electron chi connectivity index (χ0n) is 16.3. The van der Waals surface area contributed by atoms with Gasteiger partial charge in [0.05, 0.1) is 18.1 Å². The molecule has 0 unspecified atom stereocenters. The summed E-state index contributed by atoms with van der Waals surface area (Å²) in [6.45, 7) is 6.38. The number of benzene rings is 1. The normalized spacial score (nSPS) is 10.7. The van der Waals surface area contributed by atoms with Crippen molar-refractivity contribution in [2.24, 2.45) is 0 Å². The highest BCUT2D eigenvalue weighted by atomic mass is 32.2. The molecule has 0 fully saturated rings. The fraction of sp³-hybridized carbons (Fsp3) is 0.316. The lowest BCUT2D eigenvalue weighted by atomic mass is 10.3. The summed E-state index contributed by atoms with van der Waals surface area (Å²) < 4.78 is 11.0. The van der Waals surface area contributed by atoms with Gasteiger partial charge in [0.15, 0.2) is 5.16 Å². The number of nitrogens with one attached hydrogen (secondary N) is 1. The summed E-state index contributed by atoms with van der Waals surface area (Å²) in [5.74, 6) is 1.71. The molecule has 10 heteroatoms. The number of hydrogen-bond donors (Lipinski definition) is 1. The highest BCUT2D eigenvalue weighted by Gasteiger charge is 2.11. The summed E-state index contributed by atoms with van der Waals surface area (Å²) in [4.78, 5) is 20.8. The molecule has 2 heterocycles. The van der Waals surface area contributed by atoms with Crippen LogP contribution in [-0.4, -0.2) is 38.4 Å². The molecule has 1 amide bonds. The molecule has 0 saturated carbocycles. The maximum absolute atomic E-state index is 12.1. The zero-order valence-corrected chi connectivity index (χ0v) is 18.0. The molecule has 2 aromatic heterocycles. The number of carbonyl (C=O) groups excluding carboxylic acids is 1. The highest BCUT2D eigenvalue weighted by Crippen LogP contribution is 2.23. The van der Waals surface area contributed by atoms with Crippen molar-refractivity contribution in [3.63, 3.8) is 0 Å². The van der Waals surface area contributed by atoms with Crippen molar-refractivity contribution in [2.45, 2.75) is 36.9 Å². The molecule has 152 valence electrons. The Labute approximate surface area is 177 Å². The fourth-order valence-electron chi connectivity index (χ4n) is 2.36. The quantitative estimate of drug-likeness (QED) is 0.399. The molecule has 1 aromatic carbocycles. The summed E-state index contributed by atoms with van der Waals surface area (Å²) in [6.07, 6.45) is 0. The van der Waals surface area contributed by atoms with Crippen LogP contribution >= 0.6 is 23.5 Å². The lowest BCUT2D eigenvalue weighted by Gasteiger charge is -2.06. The Hall–Kier alpha value is -2.59. The number of carbonyl (C=O) groups is 1. The van der Waals surface area contributed by atoms with Gasteiger partial charge in [-0.2, -0.15) is 0 Å². The molecule has 0 aliphatic rings. The molecule has 0 atom stereocenters. The van der Waals surface area contributed by atoms with Crippen molar-refractivity contribution in [3.05, 3.63) is 47.6 Å². The van der Waals surface area contributed by atoms with Crippen LogP contribution in [-0.2, 0) is 10.5 Å². The van der Waals surface area contributed by atoms with Gasteiger partial charge in [-0.3, -0.25) is 4.79 Å². The number of amides is 1. The second kappa shape index (κ2) is 10.3. The fourth-order valence-corrected chi connectivity index (χ4v) is 3.73. The van der Waals surface area contributed by atoms with Crippen LogP contribution in [0.25, 0.3) is 0 Å². The minimum absolute atomic E-state index is 0.156. The lowest BCUT2D eigenvalue weighted by molar-refractivity contribution is -0.113. The number of rotatable bonds is 9. The van der Waals surface area contributed by atoms with Gasteiger partial charge in [0.25, 0.3) is 5.22 Å². The predicted octanol–water partition coefficient (Wildman–Crippen LogP) is 3.90. The first-order chi connectivity index (χ1) is 14.0. The number of aryl methyl sites for hydroxylation is 2. The van der Waals surface area contributed by atoms with Crippen LogP contribution in [0.1, 0.15) is 24.2 Å². The SMILES string of the molecule is CCOc1ccc(NC(=O)CSc2nnc(CSc3nc(C)cc(C)n3)o2)cc1. The molecule has 8 nitrogen and oxygen atoms in total. The van der Waals surface area contributed by atoms with Crippen LogP contribution in [0.15, 0.2) is 45.1 Å². The van der Waals surface area contributed by atoms with Crippen molar-refractivity contribution >= 4 is 35.1 Å². The number of anilines is 1. The standard InChI is InChI=1S/C19H21N5O3S2/c1-4-26-15-7-5-14(6-8-15)22-16(25)10-29-19-24-23-17(27-19)11-28-18-20-12(2)9-13(3)21-18/h5-9H,4,10-11H2,1-3H3,(H,22,25). The minimum Gasteiger partial charge on any atom is -0.494 e. The number of ether oxygens (including phenoxy) is 1. The summed E-state index contributed by atoms with van der Waals surface area (Å²) in [7, 11) is 0. The van der Waals surface area contributed by atoms with Crippen molar-refractivity contribution in [1.29, 1.82) is 0 Å². The van der Waals surface area contributed by atoms with E-state index in [-0.39, 0.29) is 11.7 Å². The molecule has 0 saturated heterocycles. The van der Waals surface area contributed by atoms with E-state index in [0.29, 0.717) is 34.3 Å². The molecule has 3 aromatic rings. The molecule has 1 N–H and O–H groups in total. The average Bonchev–Trinajstić information content (AvgIpc) is 3.14. The van der Waals surface area contributed by atoms with Crippen molar-refractivity contribution in [1.82, 2.24) is 20.2 Å². The van der Waals surface area contributed by atoms with Gasteiger partial charge in [0, 0.05) is 17.1 Å². The van der Waals surface area contributed by atoms with Crippen molar-refractivity contribution in [3.8, 4) is 5.75 Å². The van der Waals surface area contributed by atoms with Crippen LogP contribution in [0, 0.1) is 13.8 Å². The zero-order chi connectivity index (χ0) is 20.6. The number of aromatic nitrogens is 4. The monoisotopic (exact) mass is 431 g/mol. The third kappa shape index (κ3) is 6.75. The van der Waals surface area contributed by atoms with Gasteiger partial charge in [-0.25, -0.2) is 9.97 Å². The maximum Gasteiger partial charge on any atom is 0.277 e. The lowest BCUT2D eigenvalue weighted by Crippen LogP contribution is -2.13. The van der Waals surface area contributed by atoms with E-state index in [1.807, 2.05) is 39.0 Å². The molecule has 0 aliphatic carbocycles. The average molecular weight is 432 g/mol. The van der Waals surface area contributed by atoms with Gasteiger partial charge < -0.3 is 14.5 Å². The first kappa shape index (κ1) is 21.1. The Balaban J connectivity index is 1.45. The van der Waals surface area contributed by atoms with Crippen molar-refractivity contribution < 1.29 is 13.9 Å². The van der Waals surface area contributed by atoms with Gasteiger partial charge >= 0.3 is 0 Å². The van der Waals surface area contributed by atoms with Crippen LogP contribution in [0.4, 0.5) is 5.69 Å². The Morgan fingerprint density at radius 2 is 1.83 bits per heavy atom. The van der Waals surface area contributed by atoms with Crippen LogP contribution in [0.2, 0.25) is 0 Å². The molecule has 0 spiro atoms. The Morgan fingerprint density at radius 1 is 1.10 bits per heavy atom. The topological polar surface area (TPSA) is 103 Å². The van der Waals surface area contributed by atoms with Crippen molar-refractivity contribution in [2.75, 3.05) is 17.7 Å². The number of nitrogens with zero attached hydrogens (tertiary/aromatic N) is 4. The van der Waals surface area contributed by atoms with Crippen LogP contribution in [0.3, 0.4) is 0 Å². The molecular weight excluding hydrogens is 410 g/mol. The summed E-state index contributed by atoms with van der Waals surface area (Å²) in [6, 6.07) is 9.14. The Bertz CT molecular complexity index is 942. The molecule has 0 aliphatic heterocycles. The van der Waals surface area contributed by atoms with Crippen LogP contribution in [0.5, 0.6) is 5.75 Å². The van der Waals surface area contributed by atoms with E-state index >= 15 is 0 Å². The summed E-state index contributed by atoms with van der Waals surface area (Å²) >= 11 is 2.62. The number of hydrogen-bond acceptors (Lipinski definition) is 9. The first-order valence-electron chi connectivity index (χ1n) is 8.95. The van der Waals surface area contributed by atoms with E-state index in [4.69, 9.17) is 9.15 Å². The van der Waals surface area contributed by atoms with E-state index in [1.165, 1.54) is 23.5 Å². The largest absolute Gasteiger partial charge is 0.494 e. The Kier molecular flexibility index (Phi) is 7.48. The van der Waals surface area contributed by atoms with Gasteiger partial charge in [0.2, 0.25) is 11.8 Å². The number of thioether (sulfide) groups is 2. The summed E-state index contributed by atoms with van der Waals surface area (Å²) in [5, 5.41) is 11.8. The third-order valence-electron chi connectivity index (χ3n) is 3.51. The molecule has 0 bridgehead atoms. The van der Waals surface area contributed by atoms with Gasteiger partial charge in [-0.05, 0) is 51.1 Å². The molecular formula is C19H21N5O3S2. The smallest absolute Gasteiger partial charge is 0.277 e. The van der Waals surface area contributed by atoms with Gasteiger partial charge in [-0.15, -0.1) is 10.2 Å². The van der Waals surface area contributed by atoms with E-state index < -0.39 is 0 Å². The molecule has 3 rings (SSSR count). The Morgan fingerprint density at radius 3 is 2.52 bits per heavy atom. The van der Waals surface area contributed by atoms with E-state index in [9.17, 15) is 4.79 Å². The van der Waals surface area contributed by atoms with E-state index in [1.54, 1.807) is 12.1 Å².